The zero-order valence-electron chi connectivity index (χ0n) is 13.6. The molecule has 0 radical (unpaired) electrons. The van der Waals surface area contributed by atoms with Crippen molar-refractivity contribution in [1.82, 2.24) is 10.2 Å². The Morgan fingerprint density at radius 2 is 1.86 bits per heavy atom. The molecule has 3 rings (SSSR count). The molecule has 0 aromatic carbocycles. The minimum Gasteiger partial charge on any atom is -0.340 e. The van der Waals surface area contributed by atoms with Crippen LogP contribution in [0.4, 0.5) is 0 Å². The van der Waals surface area contributed by atoms with Crippen LogP contribution in [-0.4, -0.2) is 34.3 Å². The van der Waals surface area contributed by atoms with Crippen LogP contribution >= 0.6 is 0 Å². The highest BCUT2D eigenvalue weighted by Crippen LogP contribution is 2.43. The first kappa shape index (κ1) is 14.9. The van der Waals surface area contributed by atoms with Crippen LogP contribution in [0.5, 0.6) is 0 Å². The van der Waals surface area contributed by atoms with Crippen molar-refractivity contribution in [2.45, 2.75) is 89.8 Å². The lowest BCUT2D eigenvalue weighted by Gasteiger charge is -2.47. The monoisotopic (exact) mass is 292 g/mol. The van der Waals surface area contributed by atoms with Crippen LogP contribution in [0.25, 0.3) is 0 Å². The number of piperazine rings is 1. The number of carbonyl (C=O) groups is 2. The average molecular weight is 292 g/mol. The summed E-state index contributed by atoms with van der Waals surface area (Å²) in [5.74, 6) is 0.276. The van der Waals surface area contributed by atoms with Crippen LogP contribution in [0.15, 0.2) is 0 Å². The fourth-order valence-electron chi connectivity index (χ4n) is 4.64. The first-order valence-electron chi connectivity index (χ1n) is 8.53. The van der Waals surface area contributed by atoms with Gasteiger partial charge >= 0.3 is 0 Å². The largest absolute Gasteiger partial charge is 0.340 e. The lowest BCUT2D eigenvalue weighted by molar-refractivity contribution is -0.158. The average Bonchev–Trinajstić information content (AvgIpc) is 3.01. The highest BCUT2D eigenvalue weighted by molar-refractivity contribution is 6.00. The number of amides is 2. The molecule has 1 aliphatic heterocycles. The summed E-state index contributed by atoms with van der Waals surface area (Å²) >= 11 is 0. The summed E-state index contributed by atoms with van der Waals surface area (Å²) in [6.45, 7) is 6.55. The van der Waals surface area contributed by atoms with E-state index >= 15 is 0 Å². The highest BCUT2D eigenvalue weighted by Gasteiger charge is 2.54. The van der Waals surface area contributed by atoms with Crippen LogP contribution in [0.3, 0.4) is 0 Å². The van der Waals surface area contributed by atoms with Crippen LogP contribution in [0.1, 0.15) is 72.1 Å². The van der Waals surface area contributed by atoms with E-state index in [4.69, 9.17) is 0 Å². The molecule has 3 fully saturated rings. The Labute approximate surface area is 127 Å². The molecule has 1 saturated heterocycles. The minimum absolute atomic E-state index is 0.0729. The predicted molar refractivity (Wildman–Crippen MR) is 81.7 cm³/mol. The van der Waals surface area contributed by atoms with E-state index in [2.05, 4.69) is 19.2 Å². The molecule has 118 valence electrons. The van der Waals surface area contributed by atoms with E-state index in [1.165, 1.54) is 0 Å². The maximum absolute atomic E-state index is 13.2. The molecule has 0 aromatic rings. The van der Waals surface area contributed by atoms with Gasteiger partial charge in [-0.05, 0) is 43.9 Å². The van der Waals surface area contributed by atoms with Gasteiger partial charge < -0.3 is 10.2 Å². The predicted octanol–water partition coefficient (Wildman–Crippen LogP) is 2.61. The second-order valence-electron chi connectivity index (χ2n) is 7.98. The summed E-state index contributed by atoms with van der Waals surface area (Å²) in [4.78, 5) is 27.7. The van der Waals surface area contributed by atoms with Crippen molar-refractivity contribution in [3.05, 3.63) is 0 Å². The maximum Gasteiger partial charge on any atom is 0.249 e. The molecule has 2 aliphatic carbocycles. The van der Waals surface area contributed by atoms with Crippen LogP contribution in [0.2, 0.25) is 0 Å². The molecule has 2 atom stereocenters. The van der Waals surface area contributed by atoms with Crippen molar-refractivity contribution in [1.29, 1.82) is 0 Å². The Morgan fingerprint density at radius 3 is 2.38 bits per heavy atom. The smallest absolute Gasteiger partial charge is 0.249 e. The second kappa shape index (κ2) is 4.99. The van der Waals surface area contributed by atoms with Crippen LogP contribution < -0.4 is 5.32 Å². The van der Waals surface area contributed by atoms with Crippen LogP contribution in [0, 0.1) is 5.41 Å². The molecule has 4 nitrogen and oxygen atoms in total. The Bertz CT molecular complexity index is 452. The van der Waals surface area contributed by atoms with Crippen molar-refractivity contribution < 1.29 is 9.59 Å². The highest BCUT2D eigenvalue weighted by atomic mass is 16.2. The number of nitrogens with zero attached hydrogens (tertiary/aromatic N) is 1. The molecule has 0 bridgehead atoms. The van der Waals surface area contributed by atoms with Crippen LogP contribution in [-0.2, 0) is 9.59 Å². The van der Waals surface area contributed by atoms with E-state index in [1.54, 1.807) is 0 Å². The van der Waals surface area contributed by atoms with Crippen molar-refractivity contribution in [3.63, 3.8) is 0 Å². The topological polar surface area (TPSA) is 49.4 Å². The molecule has 3 aliphatic rings. The van der Waals surface area contributed by atoms with Gasteiger partial charge in [0.2, 0.25) is 11.8 Å². The van der Waals surface area contributed by atoms with E-state index < -0.39 is 5.54 Å². The molecule has 1 N–H and O–H groups in total. The van der Waals surface area contributed by atoms with Gasteiger partial charge in [-0.3, -0.25) is 9.59 Å². The third-order valence-electron chi connectivity index (χ3n) is 5.82. The second-order valence-corrected chi connectivity index (χ2v) is 7.98. The van der Waals surface area contributed by atoms with Gasteiger partial charge in [-0.15, -0.1) is 0 Å². The number of rotatable bonds is 2. The van der Waals surface area contributed by atoms with Gasteiger partial charge in [0.25, 0.3) is 0 Å². The maximum atomic E-state index is 13.2. The Morgan fingerprint density at radius 1 is 1.19 bits per heavy atom. The number of hydrogen-bond donors (Lipinski definition) is 1. The molecule has 2 amide bonds. The molecule has 0 aromatic heterocycles. The molecule has 1 heterocycles. The molecule has 4 heteroatoms. The van der Waals surface area contributed by atoms with Crippen molar-refractivity contribution in [2.24, 2.45) is 5.41 Å². The molecule has 21 heavy (non-hydrogen) atoms. The van der Waals surface area contributed by atoms with Gasteiger partial charge in [0.15, 0.2) is 0 Å². The summed E-state index contributed by atoms with van der Waals surface area (Å²) in [5.41, 5.74) is -0.282. The van der Waals surface area contributed by atoms with Gasteiger partial charge in [-0.2, -0.15) is 0 Å². The summed E-state index contributed by atoms with van der Waals surface area (Å²) in [5, 5.41) is 3.09. The minimum atomic E-state index is -0.574. The molecular weight excluding hydrogens is 264 g/mol. The lowest BCUT2D eigenvalue weighted by atomic mass is 9.87. The standard InChI is InChI=1S/C17H28N2O2/c1-4-13-14(20)18-17(8-5-6-9-17)15(21)19(13)12-7-10-16(2,3)11-12/h12-13H,4-11H2,1-3H3,(H,18,20). The van der Waals surface area contributed by atoms with Gasteiger partial charge in [-0.25, -0.2) is 0 Å². The van der Waals surface area contributed by atoms with E-state index in [0.717, 1.165) is 44.9 Å². The Balaban J connectivity index is 1.90. The van der Waals surface area contributed by atoms with E-state index in [0.29, 0.717) is 11.8 Å². The van der Waals surface area contributed by atoms with E-state index in [1.807, 2.05) is 11.8 Å². The number of nitrogens with one attached hydrogen (secondary N) is 1. The molecular formula is C17H28N2O2. The molecule has 2 unspecified atom stereocenters. The van der Waals surface area contributed by atoms with Gasteiger partial charge in [0.1, 0.15) is 11.6 Å². The summed E-state index contributed by atoms with van der Waals surface area (Å²) < 4.78 is 0. The summed E-state index contributed by atoms with van der Waals surface area (Å²) in [7, 11) is 0. The zero-order valence-corrected chi connectivity index (χ0v) is 13.6. The Hall–Kier alpha value is -1.06. The van der Waals surface area contributed by atoms with Crippen molar-refractivity contribution in [3.8, 4) is 0 Å². The fourth-order valence-corrected chi connectivity index (χ4v) is 4.64. The zero-order chi connectivity index (χ0) is 15.3. The van der Waals surface area contributed by atoms with Gasteiger partial charge in [-0.1, -0.05) is 33.6 Å². The first-order valence-corrected chi connectivity index (χ1v) is 8.53. The summed E-state index contributed by atoms with van der Waals surface area (Å²) in [6, 6.07) is -0.0106. The lowest BCUT2D eigenvalue weighted by Crippen LogP contribution is -2.70. The molecule has 2 saturated carbocycles. The third-order valence-corrected chi connectivity index (χ3v) is 5.82. The van der Waals surface area contributed by atoms with Gasteiger partial charge in [0, 0.05) is 6.04 Å². The fraction of sp³-hybridized carbons (Fsp3) is 0.882. The van der Waals surface area contributed by atoms with E-state index in [-0.39, 0.29) is 23.9 Å². The molecule has 1 spiro atoms. The quantitative estimate of drug-likeness (QED) is 0.850. The Kier molecular flexibility index (Phi) is 3.53. The third kappa shape index (κ3) is 2.36. The van der Waals surface area contributed by atoms with Gasteiger partial charge in [0.05, 0.1) is 0 Å². The number of hydrogen-bond acceptors (Lipinski definition) is 2. The number of carbonyl (C=O) groups excluding carboxylic acids is 2. The SMILES string of the molecule is CCC1C(=O)NC2(CCCC2)C(=O)N1C1CCC(C)(C)C1. The van der Waals surface area contributed by atoms with E-state index in [9.17, 15) is 9.59 Å². The normalized spacial score (nSPS) is 34.5. The first-order chi connectivity index (χ1) is 9.88. The van der Waals surface area contributed by atoms with Crippen molar-refractivity contribution >= 4 is 11.8 Å². The summed E-state index contributed by atoms with van der Waals surface area (Å²) in [6.07, 6.45) is 7.66. The van der Waals surface area contributed by atoms with Crippen molar-refractivity contribution in [2.75, 3.05) is 0 Å².